The minimum Gasteiger partial charge on any atom is -0.399 e. The normalized spacial score (nSPS) is 12.9. The van der Waals surface area contributed by atoms with E-state index in [0.29, 0.717) is 5.69 Å². The zero-order chi connectivity index (χ0) is 12.4. The quantitative estimate of drug-likeness (QED) is 0.795. The number of nitrogens with zero attached hydrogens (tertiary/aromatic N) is 2. The summed E-state index contributed by atoms with van der Waals surface area (Å²) in [5, 5.41) is 14.5. The Morgan fingerprint density at radius 1 is 1.18 bits per heavy atom. The van der Waals surface area contributed by atoms with Gasteiger partial charge in [-0.15, -0.1) is 0 Å². The second-order valence-electron chi connectivity index (χ2n) is 4.36. The predicted molar refractivity (Wildman–Crippen MR) is 67.5 cm³/mol. The van der Waals surface area contributed by atoms with E-state index < -0.39 is 6.10 Å². The molecule has 0 radical (unpaired) electrons. The van der Waals surface area contributed by atoms with Gasteiger partial charge in [-0.3, -0.25) is 4.68 Å². The SMILES string of the molecule is CC(C)n1nccc1C(O)c1ccc(N)cc1. The van der Waals surface area contributed by atoms with Crippen molar-refractivity contribution >= 4 is 5.69 Å². The topological polar surface area (TPSA) is 64.1 Å². The van der Waals surface area contributed by atoms with Gasteiger partial charge in [-0.1, -0.05) is 12.1 Å². The van der Waals surface area contributed by atoms with Crippen LogP contribution in [0.2, 0.25) is 0 Å². The fraction of sp³-hybridized carbons (Fsp3) is 0.308. The largest absolute Gasteiger partial charge is 0.399 e. The number of hydrogen-bond acceptors (Lipinski definition) is 3. The summed E-state index contributed by atoms with van der Waals surface area (Å²) in [6.45, 7) is 4.07. The Balaban J connectivity index is 2.33. The number of anilines is 1. The maximum Gasteiger partial charge on any atom is 0.121 e. The number of nitrogens with two attached hydrogens (primary N) is 1. The smallest absolute Gasteiger partial charge is 0.121 e. The molecule has 0 saturated carbocycles. The Labute approximate surface area is 101 Å². The average Bonchev–Trinajstić information content (AvgIpc) is 2.78. The number of aromatic nitrogens is 2. The Morgan fingerprint density at radius 3 is 2.41 bits per heavy atom. The molecule has 4 heteroatoms. The van der Waals surface area contributed by atoms with Crippen LogP contribution in [0.25, 0.3) is 0 Å². The van der Waals surface area contributed by atoms with Crippen molar-refractivity contribution < 1.29 is 5.11 Å². The van der Waals surface area contributed by atoms with Gasteiger partial charge in [-0.05, 0) is 37.6 Å². The minimum atomic E-state index is -0.666. The highest BCUT2D eigenvalue weighted by molar-refractivity contribution is 5.41. The van der Waals surface area contributed by atoms with Crippen molar-refractivity contribution in [3.63, 3.8) is 0 Å². The molecule has 1 aromatic heterocycles. The molecule has 90 valence electrons. The summed E-state index contributed by atoms with van der Waals surface area (Å²) < 4.78 is 1.82. The molecule has 0 aliphatic heterocycles. The molecule has 1 unspecified atom stereocenters. The lowest BCUT2D eigenvalue weighted by atomic mass is 10.1. The molecule has 2 aromatic rings. The molecule has 0 aliphatic carbocycles. The first-order chi connectivity index (χ1) is 8.09. The van der Waals surface area contributed by atoms with Crippen molar-refractivity contribution in [2.45, 2.75) is 26.0 Å². The van der Waals surface area contributed by atoms with E-state index in [4.69, 9.17) is 5.73 Å². The lowest BCUT2D eigenvalue weighted by Crippen LogP contribution is -2.12. The van der Waals surface area contributed by atoms with E-state index in [1.807, 2.05) is 36.7 Å². The number of aliphatic hydroxyl groups excluding tert-OH is 1. The van der Waals surface area contributed by atoms with Gasteiger partial charge < -0.3 is 10.8 Å². The van der Waals surface area contributed by atoms with Crippen LogP contribution in [0.1, 0.15) is 37.3 Å². The lowest BCUT2D eigenvalue weighted by Gasteiger charge is -2.16. The van der Waals surface area contributed by atoms with Gasteiger partial charge in [0.05, 0.1) is 5.69 Å². The van der Waals surface area contributed by atoms with Crippen LogP contribution >= 0.6 is 0 Å². The van der Waals surface area contributed by atoms with Crippen LogP contribution in [0.3, 0.4) is 0 Å². The minimum absolute atomic E-state index is 0.225. The van der Waals surface area contributed by atoms with E-state index in [1.54, 1.807) is 18.3 Å². The molecule has 1 atom stereocenters. The summed E-state index contributed by atoms with van der Waals surface area (Å²) in [5.74, 6) is 0. The summed E-state index contributed by atoms with van der Waals surface area (Å²) in [7, 11) is 0. The maximum absolute atomic E-state index is 10.3. The van der Waals surface area contributed by atoms with Crippen molar-refractivity contribution in [1.29, 1.82) is 0 Å². The molecule has 17 heavy (non-hydrogen) atoms. The van der Waals surface area contributed by atoms with Gasteiger partial charge in [0.1, 0.15) is 6.10 Å². The van der Waals surface area contributed by atoms with E-state index in [-0.39, 0.29) is 6.04 Å². The van der Waals surface area contributed by atoms with E-state index in [2.05, 4.69) is 5.10 Å². The highest BCUT2D eigenvalue weighted by Crippen LogP contribution is 2.24. The van der Waals surface area contributed by atoms with Crippen LogP contribution in [0.4, 0.5) is 5.69 Å². The molecule has 1 heterocycles. The van der Waals surface area contributed by atoms with Gasteiger partial charge in [0, 0.05) is 17.9 Å². The van der Waals surface area contributed by atoms with Gasteiger partial charge >= 0.3 is 0 Å². The number of aliphatic hydroxyl groups is 1. The summed E-state index contributed by atoms with van der Waals surface area (Å²) in [4.78, 5) is 0. The molecule has 0 amide bonds. The second-order valence-corrected chi connectivity index (χ2v) is 4.36. The number of nitrogen functional groups attached to an aromatic ring is 1. The molecule has 3 N–H and O–H groups in total. The van der Waals surface area contributed by atoms with E-state index >= 15 is 0 Å². The molecule has 0 fully saturated rings. The van der Waals surface area contributed by atoms with Crippen LogP contribution in [0.5, 0.6) is 0 Å². The first kappa shape index (κ1) is 11.7. The Morgan fingerprint density at radius 2 is 1.82 bits per heavy atom. The van der Waals surface area contributed by atoms with Crippen molar-refractivity contribution in [3.8, 4) is 0 Å². The first-order valence-electron chi connectivity index (χ1n) is 5.66. The Hall–Kier alpha value is -1.81. The molecular formula is C13H17N3O. The number of rotatable bonds is 3. The van der Waals surface area contributed by atoms with Crippen LogP contribution in [-0.4, -0.2) is 14.9 Å². The third-order valence-corrected chi connectivity index (χ3v) is 2.72. The molecule has 0 spiro atoms. The van der Waals surface area contributed by atoms with Gasteiger partial charge in [0.2, 0.25) is 0 Å². The first-order valence-corrected chi connectivity index (χ1v) is 5.66. The summed E-state index contributed by atoms with van der Waals surface area (Å²) >= 11 is 0. The van der Waals surface area contributed by atoms with Gasteiger partial charge in [-0.25, -0.2) is 0 Å². The monoisotopic (exact) mass is 231 g/mol. The van der Waals surface area contributed by atoms with Crippen molar-refractivity contribution in [1.82, 2.24) is 9.78 Å². The molecule has 0 bridgehead atoms. The van der Waals surface area contributed by atoms with E-state index in [9.17, 15) is 5.11 Å². The molecule has 1 aromatic carbocycles. The molecular weight excluding hydrogens is 214 g/mol. The summed E-state index contributed by atoms with van der Waals surface area (Å²) in [6, 6.07) is 9.29. The van der Waals surface area contributed by atoms with Gasteiger partial charge in [0.25, 0.3) is 0 Å². The molecule has 4 nitrogen and oxygen atoms in total. The molecule has 0 aliphatic rings. The highest BCUT2D eigenvalue weighted by Gasteiger charge is 2.16. The van der Waals surface area contributed by atoms with Crippen LogP contribution in [-0.2, 0) is 0 Å². The maximum atomic E-state index is 10.3. The lowest BCUT2D eigenvalue weighted by molar-refractivity contribution is 0.205. The molecule has 0 saturated heterocycles. The van der Waals surface area contributed by atoms with E-state index in [0.717, 1.165) is 11.3 Å². The standard InChI is InChI=1S/C13H17N3O/c1-9(2)16-12(7-8-15-16)13(17)10-3-5-11(14)6-4-10/h3-9,13,17H,14H2,1-2H3. The zero-order valence-corrected chi connectivity index (χ0v) is 10.0. The zero-order valence-electron chi connectivity index (χ0n) is 10.0. The second kappa shape index (κ2) is 4.59. The van der Waals surface area contributed by atoms with Crippen LogP contribution < -0.4 is 5.73 Å². The summed E-state index contributed by atoms with van der Waals surface area (Å²) in [5.41, 5.74) is 7.93. The number of hydrogen-bond donors (Lipinski definition) is 2. The predicted octanol–water partition coefficient (Wildman–Crippen LogP) is 2.13. The van der Waals surface area contributed by atoms with Crippen molar-refractivity contribution in [2.24, 2.45) is 0 Å². The fourth-order valence-corrected chi connectivity index (χ4v) is 1.82. The highest BCUT2D eigenvalue weighted by atomic mass is 16.3. The third-order valence-electron chi connectivity index (χ3n) is 2.72. The average molecular weight is 231 g/mol. The summed E-state index contributed by atoms with van der Waals surface area (Å²) in [6.07, 6.45) is 1.04. The van der Waals surface area contributed by atoms with Crippen molar-refractivity contribution in [3.05, 3.63) is 47.8 Å². The van der Waals surface area contributed by atoms with Crippen molar-refractivity contribution in [2.75, 3.05) is 5.73 Å². The Bertz CT molecular complexity index is 488. The third kappa shape index (κ3) is 2.31. The molecule has 2 rings (SSSR count). The number of benzene rings is 1. The Kier molecular flexibility index (Phi) is 3.15. The fourth-order valence-electron chi connectivity index (χ4n) is 1.82. The van der Waals surface area contributed by atoms with Gasteiger partial charge in [0.15, 0.2) is 0 Å². The van der Waals surface area contributed by atoms with Crippen LogP contribution in [0, 0.1) is 0 Å². The van der Waals surface area contributed by atoms with Gasteiger partial charge in [-0.2, -0.15) is 5.10 Å². The van der Waals surface area contributed by atoms with Crippen LogP contribution in [0.15, 0.2) is 36.5 Å². The van der Waals surface area contributed by atoms with E-state index in [1.165, 1.54) is 0 Å².